The Hall–Kier alpha value is -2.48. The van der Waals surface area contributed by atoms with Gasteiger partial charge >= 0.3 is 0 Å². The molecule has 0 fully saturated rings. The largest absolute Gasteiger partial charge is 0.395 e. The number of hydrogen-bond donors (Lipinski definition) is 2. The summed E-state index contributed by atoms with van der Waals surface area (Å²) < 4.78 is 5.08. The summed E-state index contributed by atoms with van der Waals surface area (Å²) in [6.45, 7) is 4.63. The fraction of sp³-hybridized carbons (Fsp3) is 0.467. The molecule has 8 nitrogen and oxygen atoms in total. The monoisotopic (exact) mass is 319 g/mol. The molecule has 0 bridgehead atoms. The van der Waals surface area contributed by atoms with Crippen LogP contribution in [0.1, 0.15) is 41.8 Å². The van der Waals surface area contributed by atoms with Crippen molar-refractivity contribution in [2.45, 2.75) is 26.3 Å². The molecule has 0 aliphatic rings. The highest BCUT2D eigenvalue weighted by Crippen LogP contribution is 2.11. The minimum atomic E-state index is -0.259. The first-order valence-corrected chi connectivity index (χ1v) is 7.40. The van der Waals surface area contributed by atoms with Crippen LogP contribution in [0.25, 0.3) is 0 Å². The van der Waals surface area contributed by atoms with Crippen molar-refractivity contribution in [2.75, 3.05) is 25.1 Å². The third-order valence-electron chi connectivity index (χ3n) is 3.22. The Labute approximate surface area is 134 Å². The van der Waals surface area contributed by atoms with Crippen LogP contribution in [0.5, 0.6) is 0 Å². The number of hydrogen-bond acceptors (Lipinski definition) is 7. The highest BCUT2D eigenvalue weighted by Gasteiger charge is 2.12. The minimum Gasteiger partial charge on any atom is -0.395 e. The van der Waals surface area contributed by atoms with Crippen LogP contribution < -0.4 is 10.2 Å². The minimum absolute atomic E-state index is 0.0451. The van der Waals surface area contributed by atoms with E-state index in [1.807, 2.05) is 20.9 Å². The number of likely N-dealkylation sites (N-methyl/N-ethyl adjacent to an activating group) is 1. The van der Waals surface area contributed by atoms with Gasteiger partial charge in [0.05, 0.1) is 18.7 Å². The summed E-state index contributed by atoms with van der Waals surface area (Å²) >= 11 is 0. The zero-order valence-corrected chi connectivity index (χ0v) is 13.5. The Morgan fingerprint density at radius 3 is 2.78 bits per heavy atom. The standard InChI is InChI=1S/C15H21N5O3/c1-10(2)15-18-12(19-23-15)9-17-14(22)11-4-5-13(16-8-11)20(3)6-7-21/h4-5,8,10,21H,6-7,9H2,1-3H3,(H,17,22). The van der Waals surface area contributed by atoms with Crippen LogP contribution in [0, 0.1) is 0 Å². The number of nitrogens with zero attached hydrogens (tertiary/aromatic N) is 4. The van der Waals surface area contributed by atoms with E-state index in [-0.39, 0.29) is 25.0 Å². The molecule has 0 unspecified atom stereocenters. The van der Waals surface area contributed by atoms with Gasteiger partial charge in [-0.3, -0.25) is 4.79 Å². The number of carbonyl (C=O) groups excluding carboxylic acids is 1. The Morgan fingerprint density at radius 1 is 1.43 bits per heavy atom. The van der Waals surface area contributed by atoms with Gasteiger partial charge < -0.3 is 19.8 Å². The van der Waals surface area contributed by atoms with E-state index in [1.54, 1.807) is 17.0 Å². The van der Waals surface area contributed by atoms with E-state index in [4.69, 9.17) is 9.63 Å². The number of amides is 1. The van der Waals surface area contributed by atoms with Gasteiger partial charge in [-0.05, 0) is 12.1 Å². The van der Waals surface area contributed by atoms with E-state index in [2.05, 4.69) is 20.4 Å². The van der Waals surface area contributed by atoms with Crippen molar-refractivity contribution in [3.05, 3.63) is 35.6 Å². The van der Waals surface area contributed by atoms with E-state index < -0.39 is 0 Å². The van der Waals surface area contributed by atoms with Crippen molar-refractivity contribution >= 4 is 11.7 Å². The normalized spacial score (nSPS) is 10.8. The van der Waals surface area contributed by atoms with Crippen molar-refractivity contribution in [2.24, 2.45) is 0 Å². The first-order valence-electron chi connectivity index (χ1n) is 7.40. The Morgan fingerprint density at radius 2 is 2.22 bits per heavy atom. The number of nitrogens with one attached hydrogen (secondary N) is 1. The maximum Gasteiger partial charge on any atom is 0.253 e. The smallest absolute Gasteiger partial charge is 0.253 e. The Bertz CT molecular complexity index is 639. The molecular formula is C15H21N5O3. The molecule has 1 amide bonds. The van der Waals surface area contributed by atoms with Gasteiger partial charge in [0.1, 0.15) is 5.82 Å². The van der Waals surface area contributed by atoms with Crippen molar-refractivity contribution in [1.82, 2.24) is 20.4 Å². The van der Waals surface area contributed by atoms with Crippen LogP contribution in [-0.4, -0.2) is 46.3 Å². The van der Waals surface area contributed by atoms with Gasteiger partial charge in [-0.15, -0.1) is 0 Å². The average Bonchev–Trinajstić information content (AvgIpc) is 3.02. The lowest BCUT2D eigenvalue weighted by Crippen LogP contribution is -2.25. The number of aromatic nitrogens is 3. The summed E-state index contributed by atoms with van der Waals surface area (Å²) in [4.78, 5) is 22.3. The lowest BCUT2D eigenvalue weighted by molar-refractivity contribution is 0.0949. The molecule has 2 aromatic rings. The van der Waals surface area contributed by atoms with Gasteiger partial charge in [-0.2, -0.15) is 4.98 Å². The second kappa shape index (κ2) is 7.68. The summed E-state index contributed by atoms with van der Waals surface area (Å²) in [6.07, 6.45) is 1.49. The molecule has 124 valence electrons. The number of carbonyl (C=O) groups is 1. The lowest BCUT2D eigenvalue weighted by atomic mass is 10.2. The van der Waals surface area contributed by atoms with Crippen LogP contribution in [0.15, 0.2) is 22.9 Å². The van der Waals surface area contributed by atoms with Gasteiger partial charge in [0, 0.05) is 25.7 Å². The third-order valence-corrected chi connectivity index (χ3v) is 3.22. The molecule has 0 aliphatic heterocycles. The highest BCUT2D eigenvalue weighted by molar-refractivity contribution is 5.93. The van der Waals surface area contributed by atoms with Crippen molar-refractivity contribution < 1.29 is 14.4 Å². The van der Waals surface area contributed by atoms with Gasteiger partial charge in [0.25, 0.3) is 5.91 Å². The summed E-state index contributed by atoms with van der Waals surface area (Å²) in [5, 5.41) is 15.4. The molecule has 0 saturated carbocycles. The quantitative estimate of drug-likeness (QED) is 0.782. The molecule has 0 aliphatic carbocycles. The Kier molecular flexibility index (Phi) is 5.64. The fourth-order valence-electron chi connectivity index (χ4n) is 1.85. The molecule has 2 N–H and O–H groups in total. The first-order chi connectivity index (χ1) is 11.0. The topological polar surface area (TPSA) is 104 Å². The molecule has 2 rings (SSSR count). The molecule has 0 aromatic carbocycles. The van der Waals surface area contributed by atoms with Crippen LogP contribution in [0.3, 0.4) is 0 Å². The van der Waals surface area contributed by atoms with Crippen LogP contribution in [0.4, 0.5) is 5.82 Å². The van der Waals surface area contributed by atoms with E-state index in [0.717, 1.165) is 0 Å². The second-order valence-corrected chi connectivity index (χ2v) is 5.44. The molecule has 0 saturated heterocycles. The van der Waals surface area contributed by atoms with Crippen LogP contribution >= 0.6 is 0 Å². The van der Waals surface area contributed by atoms with Crippen LogP contribution in [-0.2, 0) is 6.54 Å². The summed E-state index contributed by atoms with van der Waals surface area (Å²) in [6, 6.07) is 3.41. The molecule has 0 atom stereocenters. The lowest BCUT2D eigenvalue weighted by Gasteiger charge is -2.16. The van der Waals surface area contributed by atoms with E-state index in [9.17, 15) is 4.79 Å². The number of rotatable bonds is 7. The maximum absolute atomic E-state index is 12.1. The fourth-order valence-corrected chi connectivity index (χ4v) is 1.85. The van der Waals surface area contributed by atoms with Gasteiger partial charge in [-0.25, -0.2) is 4.98 Å². The summed E-state index contributed by atoms with van der Waals surface area (Å²) in [5.41, 5.74) is 0.443. The molecule has 23 heavy (non-hydrogen) atoms. The van der Waals surface area contributed by atoms with Crippen molar-refractivity contribution in [3.8, 4) is 0 Å². The van der Waals surface area contributed by atoms with E-state index in [0.29, 0.717) is 29.6 Å². The molecule has 2 heterocycles. The number of aliphatic hydroxyl groups is 1. The predicted molar refractivity (Wildman–Crippen MR) is 84.2 cm³/mol. The number of aliphatic hydroxyl groups excluding tert-OH is 1. The SMILES string of the molecule is CC(C)c1nc(CNC(=O)c2ccc(N(C)CCO)nc2)no1. The molecule has 0 radical (unpaired) electrons. The highest BCUT2D eigenvalue weighted by atomic mass is 16.5. The van der Waals surface area contributed by atoms with Crippen molar-refractivity contribution in [3.63, 3.8) is 0 Å². The number of pyridine rings is 1. The van der Waals surface area contributed by atoms with Gasteiger partial charge in [0.15, 0.2) is 5.82 Å². The first kappa shape index (κ1) is 16.9. The second-order valence-electron chi connectivity index (χ2n) is 5.44. The molecule has 2 aromatic heterocycles. The van der Waals surface area contributed by atoms with Gasteiger partial charge in [0.2, 0.25) is 5.89 Å². The molecule has 8 heteroatoms. The van der Waals surface area contributed by atoms with Gasteiger partial charge in [-0.1, -0.05) is 19.0 Å². The zero-order valence-electron chi connectivity index (χ0n) is 13.5. The molecule has 0 spiro atoms. The summed E-state index contributed by atoms with van der Waals surface area (Å²) in [5.74, 6) is 1.57. The maximum atomic E-state index is 12.1. The van der Waals surface area contributed by atoms with E-state index >= 15 is 0 Å². The van der Waals surface area contributed by atoms with Crippen molar-refractivity contribution in [1.29, 1.82) is 0 Å². The summed E-state index contributed by atoms with van der Waals surface area (Å²) in [7, 11) is 1.82. The average molecular weight is 319 g/mol. The van der Waals surface area contributed by atoms with E-state index in [1.165, 1.54) is 6.20 Å². The van der Waals surface area contributed by atoms with Crippen LogP contribution in [0.2, 0.25) is 0 Å². The Balaban J connectivity index is 1.92. The predicted octanol–water partition coefficient (Wildman–Crippen LogP) is 0.946. The third kappa shape index (κ3) is 4.49. The number of anilines is 1. The molecular weight excluding hydrogens is 298 g/mol. The zero-order chi connectivity index (χ0) is 16.8.